The lowest BCUT2D eigenvalue weighted by Crippen LogP contribution is -2.43. The van der Waals surface area contributed by atoms with Gasteiger partial charge in [0.05, 0.1) is 24.1 Å². The van der Waals surface area contributed by atoms with Gasteiger partial charge in [0.15, 0.2) is 0 Å². The number of H-pyrrole nitrogens is 1. The van der Waals surface area contributed by atoms with Crippen molar-refractivity contribution in [2.24, 2.45) is 0 Å². The number of likely N-dealkylation sites (tertiary alicyclic amines) is 1. The van der Waals surface area contributed by atoms with Crippen LogP contribution in [0.15, 0.2) is 35.1 Å². The number of rotatable bonds is 7. The minimum absolute atomic E-state index is 0.161. The number of pyridine rings is 1. The number of aryl methyl sites for hydroxylation is 2. The van der Waals surface area contributed by atoms with E-state index in [1.54, 1.807) is 12.1 Å². The fourth-order valence-electron chi connectivity index (χ4n) is 5.01. The summed E-state index contributed by atoms with van der Waals surface area (Å²) in [4.78, 5) is 40.7. The highest BCUT2D eigenvalue weighted by Gasteiger charge is 2.27. The van der Waals surface area contributed by atoms with Crippen LogP contribution in [-0.4, -0.2) is 51.4 Å². The van der Waals surface area contributed by atoms with Crippen molar-refractivity contribution in [3.05, 3.63) is 62.4 Å². The minimum atomic E-state index is -1.02. The highest BCUT2D eigenvalue weighted by molar-refractivity contribution is 6.32. The van der Waals surface area contributed by atoms with E-state index in [1.165, 1.54) is 4.90 Å². The normalized spacial score (nSPS) is 15.8. The highest BCUT2D eigenvalue weighted by atomic mass is 35.5. The molecule has 0 aliphatic carbocycles. The molecule has 1 fully saturated rings. The van der Waals surface area contributed by atoms with Gasteiger partial charge in [0, 0.05) is 29.4 Å². The summed E-state index contributed by atoms with van der Waals surface area (Å²) in [6.07, 6.45) is 1.81. The molecule has 36 heavy (non-hydrogen) atoms. The van der Waals surface area contributed by atoms with E-state index in [0.717, 1.165) is 30.4 Å². The Hall–Kier alpha value is -3.52. The summed E-state index contributed by atoms with van der Waals surface area (Å²) in [6.45, 7) is 4.58. The van der Waals surface area contributed by atoms with E-state index in [-0.39, 0.29) is 29.7 Å². The number of aliphatic carboxylic acids is 1. The Morgan fingerprint density at radius 1 is 1.11 bits per heavy atom. The number of benzene rings is 2. The number of ether oxygens (including phenoxy) is 1. The van der Waals surface area contributed by atoms with Crippen molar-refractivity contribution in [3.8, 4) is 16.9 Å². The Bertz CT molecular complexity index is 1360. The number of nitrogens with one attached hydrogen (secondary N) is 1. The van der Waals surface area contributed by atoms with Gasteiger partial charge in [0.25, 0.3) is 5.56 Å². The van der Waals surface area contributed by atoms with Gasteiger partial charge in [-0.3, -0.25) is 9.59 Å². The van der Waals surface area contributed by atoms with Crippen molar-refractivity contribution in [2.75, 3.05) is 13.2 Å². The van der Waals surface area contributed by atoms with E-state index >= 15 is 0 Å². The summed E-state index contributed by atoms with van der Waals surface area (Å²) in [5, 5.41) is 19.7. The first-order valence-corrected chi connectivity index (χ1v) is 12.3. The van der Waals surface area contributed by atoms with Crippen molar-refractivity contribution >= 4 is 34.6 Å². The fourth-order valence-corrected chi connectivity index (χ4v) is 5.24. The van der Waals surface area contributed by atoms with E-state index in [1.807, 2.05) is 32.0 Å². The second-order valence-electron chi connectivity index (χ2n) is 9.36. The molecule has 1 aliphatic rings. The average molecular weight is 513 g/mol. The van der Waals surface area contributed by atoms with Crippen LogP contribution < -0.4 is 10.3 Å². The Balaban J connectivity index is 1.80. The van der Waals surface area contributed by atoms with E-state index in [4.69, 9.17) is 16.3 Å². The quantitative estimate of drug-likeness (QED) is 0.390. The maximum Gasteiger partial charge on any atom is 0.407 e. The van der Waals surface area contributed by atoms with Gasteiger partial charge in [-0.15, -0.1) is 0 Å². The molecule has 3 N–H and O–H groups in total. The molecule has 8 nitrogen and oxygen atoms in total. The molecule has 9 heteroatoms. The SMILES string of the molecule is Cc1cc(C)cc(-c2c(OCCC3CCCCN3C(=O)O)c3cc(CC(=O)O)c(Cl)cc3[nH]c2=O)c1. The molecule has 1 aromatic heterocycles. The van der Waals surface area contributed by atoms with Crippen LogP contribution in [0.2, 0.25) is 5.02 Å². The van der Waals surface area contributed by atoms with Gasteiger partial charge in [-0.05, 0) is 56.4 Å². The highest BCUT2D eigenvalue weighted by Crippen LogP contribution is 2.37. The Morgan fingerprint density at radius 3 is 2.50 bits per heavy atom. The molecular weight excluding hydrogens is 484 g/mol. The lowest BCUT2D eigenvalue weighted by atomic mass is 9.98. The zero-order valence-corrected chi connectivity index (χ0v) is 21.0. The molecule has 4 rings (SSSR count). The van der Waals surface area contributed by atoms with Gasteiger partial charge in [0.1, 0.15) is 5.75 Å². The molecule has 2 heterocycles. The fraction of sp³-hybridized carbons (Fsp3) is 0.370. The van der Waals surface area contributed by atoms with Gasteiger partial charge in [0.2, 0.25) is 0 Å². The second-order valence-corrected chi connectivity index (χ2v) is 9.76. The minimum Gasteiger partial charge on any atom is -0.492 e. The summed E-state index contributed by atoms with van der Waals surface area (Å²) in [5.74, 6) is -0.691. The van der Waals surface area contributed by atoms with Gasteiger partial charge in [-0.1, -0.05) is 40.9 Å². The number of nitrogens with zero attached hydrogens (tertiary/aromatic N) is 1. The molecule has 1 unspecified atom stereocenters. The summed E-state index contributed by atoms with van der Waals surface area (Å²) < 4.78 is 6.27. The molecule has 0 saturated carbocycles. The summed E-state index contributed by atoms with van der Waals surface area (Å²) in [5.41, 5.74) is 3.49. The van der Waals surface area contributed by atoms with Crippen LogP contribution in [0.3, 0.4) is 0 Å². The number of carboxylic acid groups (broad SMARTS) is 2. The van der Waals surface area contributed by atoms with Gasteiger partial charge < -0.3 is 24.8 Å². The number of hydrogen-bond donors (Lipinski definition) is 3. The Kier molecular flexibility index (Phi) is 7.54. The number of amides is 1. The second kappa shape index (κ2) is 10.6. The van der Waals surface area contributed by atoms with Gasteiger partial charge in [-0.25, -0.2) is 4.79 Å². The van der Waals surface area contributed by atoms with Crippen molar-refractivity contribution in [1.29, 1.82) is 0 Å². The van der Waals surface area contributed by atoms with Crippen molar-refractivity contribution in [3.63, 3.8) is 0 Å². The summed E-state index contributed by atoms with van der Waals surface area (Å²) >= 11 is 6.31. The number of hydrogen-bond acceptors (Lipinski definition) is 4. The average Bonchev–Trinajstić information content (AvgIpc) is 2.79. The van der Waals surface area contributed by atoms with Crippen molar-refractivity contribution < 1.29 is 24.5 Å². The van der Waals surface area contributed by atoms with E-state index in [2.05, 4.69) is 4.98 Å². The standard InChI is InChI=1S/C27H29ClN2O6/c1-15-9-16(2)11-18(10-15)24-25(36-8-6-19-5-3-4-7-30(19)27(34)35)20-12-17(13-23(31)32)21(28)14-22(20)29-26(24)33/h9-12,14,19H,3-8,13H2,1-2H3,(H,29,33)(H,31,32)(H,34,35). The van der Waals surface area contributed by atoms with Crippen LogP contribution in [0.5, 0.6) is 5.75 Å². The van der Waals surface area contributed by atoms with Crippen LogP contribution in [0.1, 0.15) is 42.4 Å². The molecular formula is C27H29ClN2O6. The molecule has 1 amide bonds. The number of halogens is 1. The topological polar surface area (TPSA) is 120 Å². The Morgan fingerprint density at radius 2 is 1.83 bits per heavy atom. The molecule has 0 radical (unpaired) electrons. The van der Waals surface area contributed by atoms with Crippen LogP contribution in [0, 0.1) is 13.8 Å². The summed E-state index contributed by atoms with van der Waals surface area (Å²) in [6, 6.07) is 8.84. The first-order valence-electron chi connectivity index (χ1n) is 11.9. The zero-order valence-electron chi connectivity index (χ0n) is 20.3. The number of piperidine rings is 1. The first-order chi connectivity index (χ1) is 17.1. The molecule has 2 aromatic carbocycles. The van der Waals surface area contributed by atoms with Crippen LogP contribution in [0.25, 0.3) is 22.0 Å². The zero-order chi connectivity index (χ0) is 26.0. The van der Waals surface area contributed by atoms with E-state index in [0.29, 0.717) is 46.3 Å². The monoisotopic (exact) mass is 512 g/mol. The third-order valence-corrected chi connectivity index (χ3v) is 6.91. The smallest absolute Gasteiger partial charge is 0.407 e. The maximum atomic E-state index is 13.3. The molecule has 1 atom stereocenters. The number of aromatic nitrogens is 1. The lowest BCUT2D eigenvalue weighted by Gasteiger charge is -2.33. The maximum absolute atomic E-state index is 13.3. The number of carbonyl (C=O) groups is 2. The lowest BCUT2D eigenvalue weighted by molar-refractivity contribution is -0.136. The van der Waals surface area contributed by atoms with E-state index < -0.39 is 12.1 Å². The predicted molar refractivity (Wildman–Crippen MR) is 138 cm³/mol. The van der Waals surface area contributed by atoms with Crippen molar-refractivity contribution in [2.45, 2.75) is 52.0 Å². The number of aromatic amines is 1. The molecule has 0 bridgehead atoms. The largest absolute Gasteiger partial charge is 0.492 e. The molecule has 1 aliphatic heterocycles. The molecule has 1 saturated heterocycles. The summed E-state index contributed by atoms with van der Waals surface area (Å²) in [7, 11) is 0. The number of fused-ring (bicyclic) bond motifs is 1. The van der Waals surface area contributed by atoms with Crippen LogP contribution >= 0.6 is 11.6 Å². The van der Waals surface area contributed by atoms with Crippen molar-refractivity contribution in [1.82, 2.24) is 9.88 Å². The van der Waals surface area contributed by atoms with E-state index in [9.17, 15) is 24.6 Å². The van der Waals surface area contributed by atoms with Crippen LogP contribution in [0.4, 0.5) is 4.79 Å². The first kappa shape index (κ1) is 25.6. The van der Waals surface area contributed by atoms with Crippen LogP contribution in [-0.2, 0) is 11.2 Å². The molecule has 0 spiro atoms. The van der Waals surface area contributed by atoms with Gasteiger partial charge >= 0.3 is 12.1 Å². The number of carboxylic acids is 1. The predicted octanol–water partition coefficient (Wildman–Crippen LogP) is 5.39. The molecule has 3 aromatic rings. The van der Waals surface area contributed by atoms with Gasteiger partial charge in [-0.2, -0.15) is 0 Å². The Labute approximate surface area is 213 Å². The molecule has 190 valence electrons. The third-order valence-electron chi connectivity index (χ3n) is 6.56. The third kappa shape index (κ3) is 5.49.